The second-order valence-corrected chi connectivity index (χ2v) is 5.71. The zero-order chi connectivity index (χ0) is 13.7. The van der Waals surface area contributed by atoms with E-state index in [4.69, 9.17) is 9.47 Å². The molecule has 0 amide bonds. The minimum atomic E-state index is 0.783. The van der Waals surface area contributed by atoms with Crippen molar-refractivity contribution in [3.05, 3.63) is 17.7 Å². The summed E-state index contributed by atoms with van der Waals surface area (Å²) in [4.78, 5) is 1.22. The van der Waals surface area contributed by atoms with Crippen LogP contribution in [0, 0.1) is 5.92 Å². The van der Waals surface area contributed by atoms with Crippen molar-refractivity contribution >= 4 is 11.8 Å². The standard InChI is InChI=1S/C15H23NO2S/c1-17-13-5-4-12(15(19-3)14(13)18-2)10-11-6-8-16-9-7-11/h4-5,11,16H,6-10H2,1-3H3. The van der Waals surface area contributed by atoms with Crippen LogP contribution >= 0.6 is 11.8 Å². The molecule has 1 aliphatic heterocycles. The molecule has 4 heteroatoms. The van der Waals surface area contributed by atoms with Gasteiger partial charge in [0.05, 0.1) is 19.1 Å². The number of nitrogens with one attached hydrogen (secondary N) is 1. The highest BCUT2D eigenvalue weighted by atomic mass is 32.2. The van der Waals surface area contributed by atoms with Gasteiger partial charge in [-0.15, -0.1) is 11.8 Å². The number of hydrogen-bond donors (Lipinski definition) is 1. The van der Waals surface area contributed by atoms with Crippen LogP contribution in [0.1, 0.15) is 18.4 Å². The zero-order valence-corrected chi connectivity index (χ0v) is 12.8. The van der Waals surface area contributed by atoms with Crippen molar-refractivity contribution in [2.45, 2.75) is 24.2 Å². The molecule has 0 radical (unpaired) electrons. The Labute approximate surface area is 120 Å². The molecule has 19 heavy (non-hydrogen) atoms. The van der Waals surface area contributed by atoms with Crippen molar-refractivity contribution in [1.82, 2.24) is 5.32 Å². The van der Waals surface area contributed by atoms with Gasteiger partial charge in [-0.1, -0.05) is 6.07 Å². The lowest BCUT2D eigenvalue weighted by Gasteiger charge is -2.24. The highest BCUT2D eigenvalue weighted by Crippen LogP contribution is 2.40. The molecular formula is C15H23NO2S. The first-order valence-electron chi connectivity index (χ1n) is 6.78. The maximum absolute atomic E-state index is 5.53. The molecule has 1 aliphatic rings. The van der Waals surface area contributed by atoms with E-state index in [1.807, 2.05) is 6.07 Å². The van der Waals surface area contributed by atoms with E-state index < -0.39 is 0 Å². The Kier molecular flexibility index (Phi) is 5.40. The minimum Gasteiger partial charge on any atom is -0.493 e. The first kappa shape index (κ1) is 14.5. The Bertz CT molecular complexity index is 417. The number of piperidine rings is 1. The predicted molar refractivity (Wildman–Crippen MR) is 80.6 cm³/mol. The molecular weight excluding hydrogens is 258 g/mol. The number of ether oxygens (including phenoxy) is 2. The van der Waals surface area contributed by atoms with Crippen molar-refractivity contribution in [2.75, 3.05) is 33.6 Å². The Morgan fingerprint density at radius 2 is 1.95 bits per heavy atom. The average Bonchev–Trinajstić information content (AvgIpc) is 2.47. The van der Waals surface area contributed by atoms with Crippen LogP contribution in [-0.2, 0) is 6.42 Å². The lowest BCUT2D eigenvalue weighted by atomic mass is 9.91. The molecule has 0 aromatic heterocycles. The van der Waals surface area contributed by atoms with Gasteiger partial charge in [-0.2, -0.15) is 0 Å². The SMILES string of the molecule is COc1ccc(CC2CCNCC2)c(SC)c1OC. The van der Waals surface area contributed by atoms with Crippen LogP contribution in [0.4, 0.5) is 0 Å². The van der Waals surface area contributed by atoms with Crippen molar-refractivity contribution in [3.8, 4) is 11.5 Å². The maximum atomic E-state index is 5.53. The van der Waals surface area contributed by atoms with Crippen LogP contribution < -0.4 is 14.8 Å². The number of rotatable bonds is 5. The van der Waals surface area contributed by atoms with Crippen molar-refractivity contribution in [3.63, 3.8) is 0 Å². The fraction of sp³-hybridized carbons (Fsp3) is 0.600. The largest absolute Gasteiger partial charge is 0.493 e. The summed E-state index contributed by atoms with van der Waals surface area (Å²) < 4.78 is 10.9. The van der Waals surface area contributed by atoms with Gasteiger partial charge in [0, 0.05) is 0 Å². The van der Waals surface area contributed by atoms with Crippen molar-refractivity contribution in [1.29, 1.82) is 0 Å². The average molecular weight is 281 g/mol. The van der Waals surface area contributed by atoms with Gasteiger partial charge in [0.25, 0.3) is 0 Å². The molecule has 0 spiro atoms. The summed E-state index contributed by atoms with van der Waals surface area (Å²) in [6, 6.07) is 4.21. The fourth-order valence-electron chi connectivity index (χ4n) is 2.72. The molecule has 1 aromatic rings. The summed E-state index contributed by atoms with van der Waals surface area (Å²) in [6.07, 6.45) is 5.77. The van der Waals surface area contributed by atoms with Crippen LogP contribution in [-0.4, -0.2) is 33.6 Å². The summed E-state index contributed by atoms with van der Waals surface area (Å²) in [7, 11) is 3.40. The van der Waals surface area contributed by atoms with Gasteiger partial charge in [0.15, 0.2) is 11.5 Å². The molecule has 0 aliphatic carbocycles. The third-order valence-corrected chi connectivity index (χ3v) is 4.61. The quantitative estimate of drug-likeness (QED) is 0.841. The summed E-state index contributed by atoms with van der Waals surface area (Å²) in [5, 5.41) is 3.42. The molecule has 1 heterocycles. The molecule has 2 rings (SSSR count). The molecule has 0 unspecified atom stereocenters. The minimum absolute atomic E-state index is 0.783. The second kappa shape index (κ2) is 7.06. The molecule has 1 saturated heterocycles. The van der Waals surface area contributed by atoms with E-state index in [1.54, 1.807) is 26.0 Å². The second-order valence-electron chi connectivity index (χ2n) is 4.89. The molecule has 0 atom stereocenters. The van der Waals surface area contributed by atoms with E-state index in [0.717, 1.165) is 36.9 Å². The number of benzene rings is 1. The number of thioether (sulfide) groups is 1. The van der Waals surface area contributed by atoms with E-state index in [1.165, 1.54) is 23.3 Å². The van der Waals surface area contributed by atoms with Gasteiger partial charge >= 0.3 is 0 Å². The Balaban J connectivity index is 2.23. The van der Waals surface area contributed by atoms with Gasteiger partial charge in [-0.3, -0.25) is 0 Å². The summed E-state index contributed by atoms with van der Waals surface area (Å²) in [5.74, 6) is 2.48. The van der Waals surface area contributed by atoms with E-state index in [-0.39, 0.29) is 0 Å². The fourth-order valence-corrected chi connectivity index (χ4v) is 3.50. The third kappa shape index (κ3) is 3.37. The van der Waals surface area contributed by atoms with E-state index >= 15 is 0 Å². The van der Waals surface area contributed by atoms with Gasteiger partial charge in [0.1, 0.15) is 0 Å². The van der Waals surface area contributed by atoms with E-state index in [0.29, 0.717) is 0 Å². The predicted octanol–water partition coefficient (Wildman–Crippen LogP) is 2.97. The Hall–Kier alpha value is -0.870. The lowest BCUT2D eigenvalue weighted by Crippen LogP contribution is -2.28. The van der Waals surface area contributed by atoms with Crippen LogP contribution in [0.5, 0.6) is 11.5 Å². The van der Waals surface area contributed by atoms with Gasteiger partial charge < -0.3 is 14.8 Å². The van der Waals surface area contributed by atoms with Crippen LogP contribution in [0.3, 0.4) is 0 Å². The molecule has 1 fully saturated rings. The summed E-state index contributed by atoms with van der Waals surface area (Å²) >= 11 is 1.74. The molecule has 1 N–H and O–H groups in total. The van der Waals surface area contributed by atoms with Crippen LogP contribution in [0.15, 0.2) is 17.0 Å². The lowest BCUT2D eigenvalue weighted by molar-refractivity contribution is 0.343. The molecule has 106 valence electrons. The maximum Gasteiger partial charge on any atom is 0.174 e. The van der Waals surface area contributed by atoms with Gasteiger partial charge in [0.2, 0.25) is 0 Å². The highest BCUT2D eigenvalue weighted by molar-refractivity contribution is 7.98. The van der Waals surface area contributed by atoms with Gasteiger partial charge in [-0.25, -0.2) is 0 Å². The zero-order valence-electron chi connectivity index (χ0n) is 12.0. The highest BCUT2D eigenvalue weighted by Gasteiger charge is 2.19. The molecule has 0 bridgehead atoms. The topological polar surface area (TPSA) is 30.5 Å². The Morgan fingerprint density at radius 1 is 1.21 bits per heavy atom. The van der Waals surface area contributed by atoms with Crippen LogP contribution in [0.2, 0.25) is 0 Å². The molecule has 1 aromatic carbocycles. The summed E-state index contributed by atoms with van der Waals surface area (Å²) in [6.45, 7) is 2.29. The van der Waals surface area contributed by atoms with E-state index in [2.05, 4.69) is 17.6 Å². The Morgan fingerprint density at radius 3 is 2.53 bits per heavy atom. The van der Waals surface area contributed by atoms with E-state index in [9.17, 15) is 0 Å². The normalized spacial score (nSPS) is 16.4. The third-order valence-electron chi connectivity index (χ3n) is 3.75. The van der Waals surface area contributed by atoms with Crippen molar-refractivity contribution in [2.24, 2.45) is 5.92 Å². The van der Waals surface area contributed by atoms with Crippen molar-refractivity contribution < 1.29 is 9.47 Å². The first-order valence-corrected chi connectivity index (χ1v) is 8.01. The smallest absolute Gasteiger partial charge is 0.174 e. The van der Waals surface area contributed by atoms with Gasteiger partial charge in [-0.05, 0) is 56.2 Å². The summed E-state index contributed by atoms with van der Waals surface area (Å²) in [5.41, 5.74) is 1.39. The monoisotopic (exact) mass is 281 g/mol. The number of hydrogen-bond acceptors (Lipinski definition) is 4. The molecule has 3 nitrogen and oxygen atoms in total. The first-order chi connectivity index (χ1) is 9.30. The van der Waals surface area contributed by atoms with Crippen LogP contribution in [0.25, 0.3) is 0 Å². The number of methoxy groups -OCH3 is 2. The molecule has 0 saturated carbocycles.